The molecule has 0 saturated carbocycles. The maximum Gasteiger partial charge on any atom is 0.330 e. The molecule has 12 heteroatoms. The van der Waals surface area contributed by atoms with E-state index in [1.807, 2.05) is 6.92 Å². The lowest BCUT2D eigenvalue weighted by molar-refractivity contribution is -0.385. The highest BCUT2D eigenvalue weighted by atomic mass is 16.6. The second-order valence-electron chi connectivity index (χ2n) is 6.55. The topological polar surface area (TPSA) is 163 Å². The summed E-state index contributed by atoms with van der Waals surface area (Å²) in [5.41, 5.74) is 4.08. The standard InChI is InChI=1S/C19H25N5O7/c1-3-4-9-23-17(20)16(18(26)21-19(23)27)22(10-11-30-2)15(25)12-31-14-8-6-5-7-13(14)24(28)29/h5-8H,3-4,9-12,20H2,1-2H3,(H,21,26,27). The van der Waals surface area contributed by atoms with Crippen LogP contribution in [-0.2, 0) is 16.1 Å². The number of anilines is 2. The number of nitrogens with two attached hydrogens (primary N) is 1. The molecule has 0 unspecified atom stereocenters. The van der Waals surface area contributed by atoms with E-state index in [0.717, 1.165) is 11.3 Å². The van der Waals surface area contributed by atoms with Crippen molar-refractivity contribution in [3.63, 3.8) is 0 Å². The van der Waals surface area contributed by atoms with Crippen LogP contribution in [0.25, 0.3) is 0 Å². The first-order chi connectivity index (χ1) is 14.8. The van der Waals surface area contributed by atoms with Gasteiger partial charge >= 0.3 is 11.4 Å². The van der Waals surface area contributed by atoms with Gasteiger partial charge in [-0.2, -0.15) is 0 Å². The number of unbranched alkanes of at least 4 members (excludes halogenated alkanes) is 1. The van der Waals surface area contributed by atoms with Gasteiger partial charge in [0.25, 0.3) is 11.5 Å². The highest BCUT2D eigenvalue weighted by Crippen LogP contribution is 2.26. The van der Waals surface area contributed by atoms with Crippen molar-refractivity contribution in [1.29, 1.82) is 0 Å². The van der Waals surface area contributed by atoms with Crippen LogP contribution in [0, 0.1) is 10.1 Å². The van der Waals surface area contributed by atoms with Crippen molar-refractivity contribution in [2.24, 2.45) is 0 Å². The van der Waals surface area contributed by atoms with Crippen molar-refractivity contribution in [3.8, 4) is 5.75 Å². The Morgan fingerprint density at radius 2 is 2.03 bits per heavy atom. The third kappa shape index (κ3) is 5.69. The molecule has 0 bridgehead atoms. The first-order valence-corrected chi connectivity index (χ1v) is 9.59. The van der Waals surface area contributed by atoms with Gasteiger partial charge in [-0.05, 0) is 12.5 Å². The number of nitrogens with one attached hydrogen (secondary N) is 1. The summed E-state index contributed by atoms with van der Waals surface area (Å²) in [6, 6.07) is 5.60. The lowest BCUT2D eigenvalue weighted by atomic mass is 10.3. The molecule has 31 heavy (non-hydrogen) atoms. The number of nitrogens with zero attached hydrogens (tertiary/aromatic N) is 3. The Bertz CT molecular complexity index is 1050. The molecular formula is C19H25N5O7. The van der Waals surface area contributed by atoms with Crippen LogP contribution in [0.3, 0.4) is 0 Å². The number of methoxy groups -OCH3 is 1. The minimum Gasteiger partial charge on any atom is -0.477 e. The number of rotatable bonds is 11. The summed E-state index contributed by atoms with van der Waals surface area (Å²) >= 11 is 0. The van der Waals surface area contributed by atoms with E-state index in [1.165, 1.54) is 35.9 Å². The zero-order valence-electron chi connectivity index (χ0n) is 17.3. The van der Waals surface area contributed by atoms with Crippen molar-refractivity contribution in [3.05, 3.63) is 55.2 Å². The Hall–Kier alpha value is -3.67. The van der Waals surface area contributed by atoms with Crippen molar-refractivity contribution in [2.75, 3.05) is 37.5 Å². The largest absolute Gasteiger partial charge is 0.477 e. The lowest BCUT2D eigenvalue weighted by Gasteiger charge is -2.24. The molecule has 0 aliphatic rings. The molecule has 0 radical (unpaired) electrons. The fourth-order valence-electron chi connectivity index (χ4n) is 2.87. The van der Waals surface area contributed by atoms with Crippen LogP contribution in [0.1, 0.15) is 19.8 Å². The molecule has 1 heterocycles. The third-order valence-corrected chi connectivity index (χ3v) is 4.45. The Labute approximate surface area is 177 Å². The van der Waals surface area contributed by atoms with E-state index in [0.29, 0.717) is 6.42 Å². The highest BCUT2D eigenvalue weighted by molar-refractivity contribution is 5.96. The second-order valence-corrected chi connectivity index (χ2v) is 6.55. The number of amides is 1. The molecule has 0 fully saturated rings. The van der Waals surface area contributed by atoms with E-state index in [1.54, 1.807) is 0 Å². The smallest absolute Gasteiger partial charge is 0.330 e. The monoisotopic (exact) mass is 435 g/mol. The van der Waals surface area contributed by atoms with E-state index in [4.69, 9.17) is 15.2 Å². The Kier molecular flexibility index (Phi) is 8.32. The van der Waals surface area contributed by atoms with Crippen LogP contribution < -0.4 is 26.6 Å². The highest BCUT2D eigenvalue weighted by Gasteiger charge is 2.25. The summed E-state index contributed by atoms with van der Waals surface area (Å²) in [6.45, 7) is 1.63. The maximum atomic E-state index is 12.9. The van der Waals surface area contributed by atoms with Gasteiger partial charge in [0.15, 0.2) is 18.0 Å². The number of nitro benzene ring substituents is 1. The number of nitrogen functional groups attached to an aromatic ring is 1. The van der Waals surface area contributed by atoms with E-state index >= 15 is 0 Å². The number of aromatic nitrogens is 2. The SMILES string of the molecule is CCCCn1c(N)c(N(CCOC)C(=O)COc2ccccc2[N+](=O)[O-])c(=O)[nH]c1=O. The number of benzene rings is 1. The zero-order valence-corrected chi connectivity index (χ0v) is 17.3. The fraction of sp³-hybridized carbons (Fsp3) is 0.421. The molecule has 1 aromatic heterocycles. The van der Waals surface area contributed by atoms with Crippen LogP contribution in [0.2, 0.25) is 0 Å². The van der Waals surface area contributed by atoms with Gasteiger partial charge in [-0.1, -0.05) is 25.5 Å². The first kappa shape index (κ1) is 23.6. The zero-order chi connectivity index (χ0) is 23.0. The van der Waals surface area contributed by atoms with Crippen molar-refractivity contribution in [2.45, 2.75) is 26.3 Å². The molecular weight excluding hydrogens is 410 g/mol. The Morgan fingerprint density at radius 3 is 2.68 bits per heavy atom. The molecule has 2 aromatic rings. The summed E-state index contributed by atoms with van der Waals surface area (Å²) in [6.07, 6.45) is 1.43. The maximum absolute atomic E-state index is 12.9. The average Bonchev–Trinajstić information content (AvgIpc) is 2.74. The predicted molar refractivity (Wildman–Crippen MR) is 113 cm³/mol. The van der Waals surface area contributed by atoms with Crippen LogP contribution in [-0.4, -0.2) is 47.2 Å². The summed E-state index contributed by atoms with van der Waals surface area (Å²) < 4.78 is 11.5. The molecule has 0 spiro atoms. The number of carbonyl (C=O) groups is 1. The predicted octanol–water partition coefficient (Wildman–Crippen LogP) is 0.885. The third-order valence-electron chi connectivity index (χ3n) is 4.45. The van der Waals surface area contributed by atoms with E-state index in [2.05, 4.69) is 4.98 Å². The van der Waals surface area contributed by atoms with Crippen molar-refractivity contribution < 1.29 is 19.2 Å². The molecule has 1 amide bonds. The van der Waals surface area contributed by atoms with Gasteiger partial charge in [0, 0.05) is 26.3 Å². The van der Waals surface area contributed by atoms with Crippen LogP contribution in [0.4, 0.5) is 17.2 Å². The van der Waals surface area contributed by atoms with Crippen molar-refractivity contribution >= 4 is 23.1 Å². The summed E-state index contributed by atoms with van der Waals surface area (Å²) in [4.78, 5) is 51.3. The van der Waals surface area contributed by atoms with Gasteiger partial charge in [-0.25, -0.2) is 4.79 Å². The van der Waals surface area contributed by atoms with Crippen LogP contribution >= 0.6 is 0 Å². The second kappa shape index (κ2) is 10.9. The summed E-state index contributed by atoms with van der Waals surface area (Å²) in [5, 5.41) is 11.1. The Balaban J connectivity index is 2.38. The van der Waals surface area contributed by atoms with Gasteiger partial charge in [-0.15, -0.1) is 0 Å². The molecule has 12 nitrogen and oxygen atoms in total. The van der Waals surface area contributed by atoms with Gasteiger partial charge in [0.05, 0.1) is 11.5 Å². The number of para-hydroxylation sites is 2. The average molecular weight is 435 g/mol. The number of hydrogen-bond donors (Lipinski definition) is 2. The number of H-pyrrole nitrogens is 1. The number of aromatic amines is 1. The lowest BCUT2D eigenvalue weighted by Crippen LogP contribution is -2.44. The minimum absolute atomic E-state index is 0.0468. The van der Waals surface area contributed by atoms with E-state index in [9.17, 15) is 24.5 Å². The van der Waals surface area contributed by atoms with E-state index in [-0.39, 0.29) is 42.6 Å². The molecule has 1 aromatic carbocycles. The van der Waals surface area contributed by atoms with E-state index < -0.39 is 28.7 Å². The van der Waals surface area contributed by atoms with Crippen molar-refractivity contribution in [1.82, 2.24) is 9.55 Å². The molecule has 0 aliphatic carbocycles. The molecule has 0 atom stereocenters. The Morgan fingerprint density at radius 1 is 1.32 bits per heavy atom. The molecule has 2 rings (SSSR count). The number of nitro groups is 1. The van der Waals surface area contributed by atoms with Gasteiger partial charge in [0.2, 0.25) is 0 Å². The first-order valence-electron chi connectivity index (χ1n) is 9.59. The van der Waals surface area contributed by atoms with Crippen LogP contribution in [0.15, 0.2) is 33.9 Å². The van der Waals surface area contributed by atoms with Gasteiger partial charge in [0.1, 0.15) is 5.82 Å². The van der Waals surface area contributed by atoms with Crippen LogP contribution in [0.5, 0.6) is 5.75 Å². The number of ether oxygens (including phenoxy) is 2. The molecule has 168 valence electrons. The van der Waals surface area contributed by atoms with Gasteiger partial charge < -0.3 is 15.2 Å². The van der Waals surface area contributed by atoms with Gasteiger partial charge in [-0.3, -0.25) is 34.2 Å². The molecule has 0 saturated heterocycles. The fourth-order valence-corrected chi connectivity index (χ4v) is 2.87. The molecule has 0 aliphatic heterocycles. The number of carbonyl (C=O) groups excluding carboxylic acids is 1. The molecule has 3 N–H and O–H groups in total. The quantitative estimate of drug-likeness (QED) is 0.388. The normalized spacial score (nSPS) is 10.6. The summed E-state index contributed by atoms with van der Waals surface area (Å²) in [5.74, 6) is -0.937. The summed E-state index contributed by atoms with van der Waals surface area (Å²) in [7, 11) is 1.42. The number of hydrogen-bond acceptors (Lipinski definition) is 8. The minimum atomic E-state index is -0.828.